The summed E-state index contributed by atoms with van der Waals surface area (Å²) in [4.78, 5) is 14.9. The third-order valence-corrected chi connectivity index (χ3v) is 3.26. The predicted octanol–water partition coefficient (Wildman–Crippen LogP) is 1.80. The van der Waals surface area contributed by atoms with Crippen LogP contribution in [0.4, 0.5) is 11.6 Å². The van der Waals surface area contributed by atoms with Gasteiger partial charge >= 0.3 is 0 Å². The van der Waals surface area contributed by atoms with Crippen LogP contribution in [0.25, 0.3) is 0 Å². The standard InChI is InChI=1S/C13H15N5/c14-11-8-16-13(17-9-11)18-7-1-2-12(18)10-3-5-15-6-4-10/h3-6,8-9,12H,1-2,7,14H2. The Bertz CT molecular complexity index is 511. The maximum absolute atomic E-state index is 5.62. The van der Waals surface area contributed by atoms with Gasteiger partial charge in [0.05, 0.1) is 24.1 Å². The van der Waals surface area contributed by atoms with Crippen molar-refractivity contribution < 1.29 is 0 Å². The van der Waals surface area contributed by atoms with Gasteiger partial charge in [-0.3, -0.25) is 4.98 Å². The zero-order valence-electron chi connectivity index (χ0n) is 10.0. The smallest absolute Gasteiger partial charge is 0.225 e. The van der Waals surface area contributed by atoms with Gasteiger partial charge in [0.1, 0.15) is 0 Å². The molecule has 0 bridgehead atoms. The lowest BCUT2D eigenvalue weighted by Gasteiger charge is -2.24. The molecule has 5 nitrogen and oxygen atoms in total. The minimum Gasteiger partial charge on any atom is -0.396 e. The van der Waals surface area contributed by atoms with Crippen LogP contribution in [-0.4, -0.2) is 21.5 Å². The number of hydrogen-bond acceptors (Lipinski definition) is 5. The number of nitrogen functional groups attached to an aromatic ring is 1. The molecule has 2 aromatic heterocycles. The Balaban J connectivity index is 1.90. The number of rotatable bonds is 2. The van der Waals surface area contributed by atoms with Crippen molar-refractivity contribution in [3.8, 4) is 0 Å². The first-order valence-electron chi connectivity index (χ1n) is 6.09. The van der Waals surface area contributed by atoms with E-state index in [-0.39, 0.29) is 0 Å². The van der Waals surface area contributed by atoms with Gasteiger partial charge in [-0.15, -0.1) is 0 Å². The fraction of sp³-hybridized carbons (Fsp3) is 0.308. The number of aromatic nitrogens is 3. The maximum atomic E-state index is 5.62. The van der Waals surface area contributed by atoms with Gasteiger partial charge in [0.25, 0.3) is 0 Å². The highest BCUT2D eigenvalue weighted by Crippen LogP contribution is 2.33. The lowest BCUT2D eigenvalue weighted by Crippen LogP contribution is -2.24. The van der Waals surface area contributed by atoms with Crippen molar-refractivity contribution in [2.75, 3.05) is 17.2 Å². The van der Waals surface area contributed by atoms with Crippen LogP contribution in [0.5, 0.6) is 0 Å². The van der Waals surface area contributed by atoms with Crippen LogP contribution in [0.15, 0.2) is 36.9 Å². The molecule has 0 saturated carbocycles. The van der Waals surface area contributed by atoms with Crippen LogP contribution in [0.3, 0.4) is 0 Å². The molecule has 1 unspecified atom stereocenters. The SMILES string of the molecule is Nc1cnc(N2CCCC2c2ccncc2)nc1. The molecule has 0 aliphatic carbocycles. The van der Waals surface area contributed by atoms with Crippen molar-refractivity contribution in [2.24, 2.45) is 0 Å². The van der Waals surface area contributed by atoms with Gasteiger partial charge in [0.15, 0.2) is 0 Å². The van der Waals surface area contributed by atoms with E-state index in [1.165, 1.54) is 5.56 Å². The first-order valence-corrected chi connectivity index (χ1v) is 6.09. The summed E-state index contributed by atoms with van der Waals surface area (Å²) < 4.78 is 0. The fourth-order valence-electron chi connectivity index (χ4n) is 2.42. The van der Waals surface area contributed by atoms with Crippen LogP contribution >= 0.6 is 0 Å². The Morgan fingerprint density at radius 3 is 2.61 bits per heavy atom. The summed E-state index contributed by atoms with van der Waals surface area (Å²) >= 11 is 0. The molecule has 2 N–H and O–H groups in total. The predicted molar refractivity (Wildman–Crippen MR) is 70.0 cm³/mol. The summed E-state index contributed by atoms with van der Waals surface area (Å²) in [6.45, 7) is 0.983. The minimum atomic E-state index is 0.344. The molecule has 2 aromatic rings. The number of nitrogens with two attached hydrogens (primary N) is 1. The van der Waals surface area contributed by atoms with E-state index < -0.39 is 0 Å². The van der Waals surface area contributed by atoms with Crippen LogP contribution in [0.2, 0.25) is 0 Å². The number of anilines is 2. The topological polar surface area (TPSA) is 67.9 Å². The van der Waals surface area contributed by atoms with Crippen molar-refractivity contribution in [3.05, 3.63) is 42.5 Å². The zero-order chi connectivity index (χ0) is 12.4. The number of hydrogen-bond donors (Lipinski definition) is 1. The van der Waals surface area contributed by atoms with E-state index in [4.69, 9.17) is 5.73 Å². The molecule has 1 atom stereocenters. The Labute approximate surface area is 106 Å². The summed E-state index contributed by atoms with van der Waals surface area (Å²) in [7, 11) is 0. The van der Waals surface area contributed by atoms with Crippen molar-refractivity contribution in [2.45, 2.75) is 18.9 Å². The van der Waals surface area contributed by atoms with Crippen LogP contribution in [0, 0.1) is 0 Å². The first kappa shape index (κ1) is 11.0. The second-order valence-electron chi connectivity index (χ2n) is 4.45. The molecule has 1 saturated heterocycles. The Kier molecular flexibility index (Phi) is 2.80. The average molecular weight is 241 g/mol. The van der Waals surface area contributed by atoms with E-state index in [1.54, 1.807) is 12.4 Å². The van der Waals surface area contributed by atoms with E-state index in [0.29, 0.717) is 11.7 Å². The Morgan fingerprint density at radius 2 is 1.89 bits per heavy atom. The van der Waals surface area contributed by atoms with Crippen molar-refractivity contribution >= 4 is 11.6 Å². The molecule has 0 amide bonds. The van der Waals surface area contributed by atoms with Gasteiger partial charge in [-0.2, -0.15) is 0 Å². The van der Waals surface area contributed by atoms with Gasteiger partial charge in [-0.05, 0) is 30.5 Å². The van der Waals surface area contributed by atoms with Crippen molar-refractivity contribution in [3.63, 3.8) is 0 Å². The molecule has 1 fully saturated rings. The molecule has 3 heterocycles. The van der Waals surface area contributed by atoms with Crippen LogP contribution < -0.4 is 10.6 Å². The zero-order valence-corrected chi connectivity index (χ0v) is 10.0. The molecule has 1 aliphatic heterocycles. The van der Waals surface area contributed by atoms with Crippen molar-refractivity contribution in [1.82, 2.24) is 15.0 Å². The second-order valence-corrected chi connectivity index (χ2v) is 4.45. The largest absolute Gasteiger partial charge is 0.396 e. The first-order chi connectivity index (χ1) is 8.84. The lowest BCUT2D eigenvalue weighted by molar-refractivity contribution is 0.701. The third-order valence-electron chi connectivity index (χ3n) is 3.26. The summed E-state index contributed by atoms with van der Waals surface area (Å²) in [5.74, 6) is 0.753. The lowest BCUT2D eigenvalue weighted by atomic mass is 10.1. The molecule has 0 spiro atoms. The van der Waals surface area contributed by atoms with E-state index >= 15 is 0 Å². The van der Waals surface area contributed by atoms with Gasteiger partial charge in [0, 0.05) is 18.9 Å². The molecule has 18 heavy (non-hydrogen) atoms. The monoisotopic (exact) mass is 241 g/mol. The molecule has 92 valence electrons. The van der Waals surface area contributed by atoms with E-state index in [1.807, 2.05) is 12.4 Å². The highest BCUT2D eigenvalue weighted by atomic mass is 15.3. The Hall–Kier alpha value is -2.17. The summed E-state index contributed by atoms with van der Waals surface area (Å²) in [6.07, 6.45) is 9.25. The van der Waals surface area contributed by atoms with Gasteiger partial charge < -0.3 is 10.6 Å². The Morgan fingerprint density at radius 1 is 1.17 bits per heavy atom. The third kappa shape index (κ3) is 1.99. The molecule has 3 rings (SSSR count). The second kappa shape index (κ2) is 4.60. The molecular formula is C13H15N5. The summed E-state index contributed by atoms with van der Waals surface area (Å²) in [5, 5.41) is 0. The van der Waals surface area contributed by atoms with Gasteiger partial charge in [-0.25, -0.2) is 9.97 Å². The normalized spacial score (nSPS) is 19.1. The molecule has 0 aromatic carbocycles. The molecule has 0 radical (unpaired) electrons. The van der Waals surface area contributed by atoms with Crippen LogP contribution in [0.1, 0.15) is 24.4 Å². The van der Waals surface area contributed by atoms with E-state index in [2.05, 4.69) is 32.0 Å². The molecular weight excluding hydrogens is 226 g/mol. The summed E-state index contributed by atoms with van der Waals surface area (Å²) in [6, 6.07) is 4.46. The van der Waals surface area contributed by atoms with Gasteiger partial charge in [0.2, 0.25) is 5.95 Å². The highest BCUT2D eigenvalue weighted by molar-refractivity contribution is 5.41. The van der Waals surface area contributed by atoms with E-state index in [0.717, 1.165) is 25.3 Å². The highest BCUT2D eigenvalue weighted by Gasteiger charge is 2.27. The molecule has 1 aliphatic rings. The molecule has 5 heteroatoms. The quantitative estimate of drug-likeness (QED) is 0.868. The number of nitrogens with zero attached hydrogens (tertiary/aromatic N) is 4. The van der Waals surface area contributed by atoms with Crippen molar-refractivity contribution in [1.29, 1.82) is 0 Å². The average Bonchev–Trinajstić information content (AvgIpc) is 2.90. The maximum Gasteiger partial charge on any atom is 0.225 e. The number of pyridine rings is 1. The van der Waals surface area contributed by atoms with Crippen LogP contribution in [-0.2, 0) is 0 Å². The minimum absolute atomic E-state index is 0.344. The van der Waals surface area contributed by atoms with Gasteiger partial charge in [-0.1, -0.05) is 0 Å². The summed E-state index contributed by atoms with van der Waals surface area (Å²) in [5.41, 5.74) is 7.48. The van der Waals surface area contributed by atoms with E-state index in [9.17, 15) is 0 Å². The fourth-order valence-corrected chi connectivity index (χ4v) is 2.42.